The first kappa shape index (κ1) is 23.1. The number of hydrogen-bond donors (Lipinski definition) is 0. The van der Waals surface area contributed by atoms with Gasteiger partial charge in [-0.15, -0.1) is 0 Å². The van der Waals surface area contributed by atoms with E-state index in [4.69, 9.17) is 14.2 Å². The Bertz CT molecular complexity index is 1060. The minimum Gasteiger partial charge on any atom is -0.496 e. The second-order valence-electron chi connectivity index (χ2n) is 8.46. The first-order valence-corrected chi connectivity index (χ1v) is 10.4. The lowest BCUT2D eigenvalue weighted by Gasteiger charge is -2.19. The summed E-state index contributed by atoms with van der Waals surface area (Å²) < 4.78 is 16.2. The predicted octanol–water partition coefficient (Wildman–Crippen LogP) is 5.61. The molecule has 0 atom stereocenters. The number of esters is 1. The summed E-state index contributed by atoms with van der Waals surface area (Å²) >= 11 is 0. The highest BCUT2D eigenvalue weighted by molar-refractivity contribution is 6.01. The van der Waals surface area contributed by atoms with Crippen LogP contribution in [-0.4, -0.2) is 25.5 Å². The number of para-hydroxylation sites is 1. The maximum absolute atomic E-state index is 12.3. The Morgan fingerprint density at radius 1 is 0.844 bits per heavy atom. The molecule has 0 heterocycles. The van der Waals surface area contributed by atoms with Gasteiger partial charge in [0.05, 0.1) is 18.2 Å². The van der Waals surface area contributed by atoms with E-state index in [0.29, 0.717) is 23.5 Å². The zero-order valence-corrected chi connectivity index (χ0v) is 18.9. The molecule has 0 bridgehead atoms. The van der Waals surface area contributed by atoms with Crippen LogP contribution in [0.5, 0.6) is 11.5 Å². The highest BCUT2D eigenvalue weighted by Crippen LogP contribution is 2.24. The standard InChI is InChI=1S/C27H28O5/c1-27(2,3)21-13-15-22(16-14-21)31-17-19-9-11-20(12-10-19)26(29)32-18-24(28)23-7-5-6-8-25(23)30-4/h5-16H,17-18H2,1-4H3. The quantitative estimate of drug-likeness (QED) is 0.342. The third-order valence-electron chi connectivity index (χ3n) is 5.06. The smallest absolute Gasteiger partial charge is 0.338 e. The van der Waals surface area contributed by atoms with Gasteiger partial charge in [0.1, 0.15) is 18.1 Å². The fraction of sp³-hybridized carbons (Fsp3) is 0.259. The van der Waals surface area contributed by atoms with Gasteiger partial charge in [-0.25, -0.2) is 4.79 Å². The Kier molecular flexibility index (Phi) is 7.31. The molecule has 3 rings (SSSR count). The minimum atomic E-state index is -0.557. The summed E-state index contributed by atoms with van der Waals surface area (Å²) in [6.45, 7) is 6.54. The molecule has 0 fully saturated rings. The van der Waals surface area contributed by atoms with Crippen molar-refractivity contribution in [2.75, 3.05) is 13.7 Å². The molecule has 166 valence electrons. The van der Waals surface area contributed by atoms with Crippen LogP contribution in [0.4, 0.5) is 0 Å². The molecule has 0 spiro atoms. The lowest BCUT2D eigenvalue weighted by Crippen LogP contribution is -2.15. The molecule has 5 nitrogen and oxygen atoms in total. The Labute approximate surface area is 188 Å². The average molecular weight is 433 g/mol. The molecular formula is C27H28O5. The van der Waals surface area contributed by atoms with Gasteiger partial charge in [-0.2, -0.15) is 0 Å². The van der Waals surface area contributed by atoms with Crippen LogP contribution < -0.4 is 9.47 Å². The van der Waals surface area contributed by atoms with E-state index in [0.717, 1.165) is 11.3 Å². The molecular weight excluding hydrogens is 404 g/mol. The summed E-state index contributed by atoms with van der Waals surface area (Å²) in [4.78, 5) is 24.6. The van der Waals surface area contributed by atoms with E-state index in [1.54, 1.807) is 36.4 Å². The van der Waals surface area contributed by atoms with Gasteiger partial charge < -0.3 is 14.2 Å². The zero-order chi connectivity index (χ0) is 23.1. The summed E-state index contributed by atoms with van der Waals surface area (Å²) in [7, 11) is 1.49. The normalized spacial score (nSPS) is 11.0. The summed E-state index contributed by atoms with van der Waals surface area (Å²) in [5.41, 5.74) is 3.02. The van der Waals surface area contributed by atoms with E-state index >= 15 is 0 Å². The van der Waals surface area contributed by atoms with Crippen molar-refractivity contribution >= 4 is 11.8 Å². The number of Topliss-reactive ketones (excluding diaryl/α,β-unsaturated/α-hetero) is 1. The van der Waals surface area contributed by atoms with Gasteiger partial charge in [0.2, 0.25) is 5.78 Å². The van der Waals surface area contributed by atoms with Crippen LogP contribution in [0.3, 0.4) is 0 Å². The number of methoxy groups -OCH3 is 1. The highest BCUT2D eigenvalue weighted by atomic mass is 16.5. The lowest BCUT2D eigenvalue weighted by molar-refractivity contribution is 0.0474. The van der Waals surface area contributed by atoms with Gasteiger partial charge in [-0.3, -0.25) is 4.79 Å². The summed E-state index contributed by atoms with van der Waals surface area (Å²) in [6.07, 6.45) is 0. The molecule has 3 aromatic carbocycles. The number of benzene rings is 3. The number of ether oxygens (including phenoxy) is 3. The number of carbonyl (C=O) groups is 2. The van der Waals surface area contributed by atoms with Gasteiger partial charge in [0.15, 0.2) is 6.61 Å². The number of hydrogen-bond acceptors (Lipinski definition) is 5. The van der Waals surface area contributed by atoms with Gasteiger partial charge in [0, 0.05) is 0 Å². The largest absolute Gasteiger partial charge is 0.496 e. The molecule has 0 aliphatic carbocycles. The highest BCUT2D eigenvalue weighted by Gasteiger charge is 2.15. The van der Waals surface area contributed by atoms with E-state index in [1.165, 1.54) is 12.7 Å². The predicted molar refractivity (Wildman–Crippen MR) is 124 cm³/mol. The van der Waals surface area contributed by atoms with Crippen molar-refractivity contribution in [3.05, 3.63) is 95.1 Å². The summed E-state index contributed by atoms with van der Waals surface area (Å²) in [5, 5.41) is 0. The zero-order valence-electron chi connectivity index (χ0n) is 18.9. The van der Waals surface area contributed by atoms with Crippen molar-refractivity contribution < 1.29 is 23.8 Å². The minimum absolute atomic E-state index is 0.0980. The van der Waals surface area contributed by atoms with Crippen LogP contribution in [-0.2, 0) is 16.8 Å². The van der Waals surface area contributed by atoms with E-state index in [1.807, 2.05) is 24.3 Å². The topological polar surface area (TPSA) is 61.8 Å². The Balaban J connectivity index is 1.52. The number of rotatable bonds is 8. The number of ketones is 1. The molecule has 0 unspecified atom stereocenters. The SMILES string of the molecule is COc1ccccc1C(=O)COC(=O)c1ccc(COc2ccc(C(C)(C)C)cc2)cc1. The van der Waals surface area contributed by atoms with Gasteiger partial charge in [0.25, 0.3) is 0 Å². The van der Waals surface area contributed by atoms with Crippen molar-refractivity contribution in [1.82, 2.24) is 0 Å². The van der Waals surface area contributed by atoms with Gasteiger partial charge in [-0.05, 0) is 52.9 Å². The third-order valence-corrected chi connectivity index (χ3v) is 5.06. The fourth-order valence-corrected chi connectivity index (χ4v) is 3.12. The molecule has 0 saturated carbocycles. The van der Waals surface area contributed by atoms with Crippen molar-refractivity contribution in [2.45, 2.75) is 32.8 Å². The summed E-state index contributed by atoms with van der Waals surface area (Å²) in [5.74, 6) is 0.360. The van der Waals surface area contributed by atoms with Gasteiger partial charge in [-0.1, -0.05) is 57.2 Å². The maximum atomic E-state index is 12.3. The van der Waals surface area contributed by atoms with Crippen LogP contribution in [0.25, 0.3) is 0 Å². The number of carbonyl (C=O) groups excluding carboxylic acids is 2. The molecule has 0 amide bonds. The molecule has 0 aliphatic heterocycles. The van der Waals surface area contributed by atoms with Crippen molar-refractivity contribution in [1.29, 1.82) is 0 Å². The first-order chi connectivity index (χ1) is 15.3. The Morgan fingerprint density at radius 3 is 2.12 bits per heavy atom. The van der Waals surface area contributed by atoms with Crippen LogP contribution in [0.15, 0.2) is 72.8 Å². The van der Waals surface area contributed by atoms with Crippen LogP contribution in [0.1, 0.15) is 52.6 Å². The molecule has 0 radical (unpaired) electrons. The van der Waals surface area contributed by atoms with E-state index in [2.05, 4.69) is 32.9 Å². The molecule has 0 aromatic heterocycles. The first-order valence-electron chi connectivity index (χ1n) is 10.4. The second kappa shape index (κ2) is 10.1. The molecule has 5 heteroatoms. The van der Waals surface area contributed by atoms with Crippen molar-refractivity contribution in [2.24, 2.45) is 0 Å². The Morgan fingerprint density at radius 2 is 1.50 bits per heavy atom. The molecule has 0 aliphatic rings. The maximum Gasteiger partial charge on any atom is 0.338 e. The molecule has 32 heavy (non-hydrogen) atoms. The van der Waals surface area contributed by atoms with Crippen molar-refractivity contribution in [3.8, 4) is 11.5 Å². The third kappa shape index (κ3) is 5.97. The van der Waals surface area contributed by atoms with Gasteiger partial charge >= 0.3 is 5.97 Å². The fourth-order valence-electron chi connectivity index (χ4n) is 3.12. The van der Waals surface area contributed by atoms with E-state index in [9.17, 15) is 9.59 Å². The lowest BCUT2D eigenvalue weighted by atomic mass is 9.87. The summed E-state index contributed by atoms with van der Waals surface area (Å²) in [6, 6.07) is 21.8. The molecule has 3 aromatic rings. The van der Waals surface area contributed by atoms with Crippen LogP contribution >= 0.6 is 0 Å². The molecule has 0 saturated heterocycles. The molecule has 0 N–H and O–H groups in total. The Hall–Kier alpha value is -3.60. The van der Waals surface area contributed by atoms with E-state index < -0.39 is 5.97 Å². The van der Waals surface area contributed by atoms with Crippen LogP contribution in [0.2, 0.25) is 0 Å². The van der Waals surface area contributed by atoms with Crippen LogP contribution in [0, 0.1) is 0 Å². The average Bonchev–Trinajstić information content (AvgIpc) is 2.81. The van der Waals surface area contributed by atoms with E-state index in [-0.39, 0.29) is 17.8 Å². The monoisotopic (exact) mass is 432 g/mol. The second-order valence-corrected chi connectivity index (χ2v) is 8.46. The van der Waals surface area contributed by atoms with Crippen molar-refractivity contribution in [3.63, 3.8) is 0 Å².